The molecule has 3 nitrogen and oxygen atoms in total. The molecule has 1 aromatic rings. The quantitative estimate of drug-likeness (QED) is 0.894. The van der Waals surface area contributed by atoms with Gasteiger partial charge in [0.05, 0.1) is 5.56 Å². The molecule has 1 atom stereocenters. The van der Waals surface area contributed by atoms with E-state index < -0.39 is 11.7 Å². The molecule has 0 saturated carbocycles. The molecule has 1 amide bonds. The Labute approximate surface area is 127 Å². The summed E-state index contributed by atoms with van der Waals surface area (Å²) in [5, 5.41) is 6.04. The third-order valence-electron chi connectivity index (χ3n) is 3.42. The van der Waals surface area contributed by atoms with Crippen LogP contribution in [0.4, 0.5) is 13.2 Å². The zero-order valence-corrected chi connectivity index (χ0v) is 12.2. The Bertz CT molecular complexity index is 456. The average Bonchev–Trinajstić information content (AvgIpc) is 2.91. The summed E-state index contributed by atoms with van der Waals surface area (Å²) in [7, 11) is 0. The van der Waals surface area contributed by atoms with Gasteiger partial charge in [0.1, 0.15) is 0 Å². The Morgan fingerprint density at radius 1 is 1.29 bits per heavy atom. The molecule has 0 spiro atoms. The van der Waals surface area contributed by atoms with Gasteiger partial charge in [0.25, 0.3) is 5.91 Å². The maximum Gasteiger partial charge on any atom is 0.416 e. The van der Waals surface area contributed by atoms with Gasteiger partial charge in [-0.15, -0.1) is 12.4 Å². The van der Waals surface area contributed by atoms with E-state index >= 15 is 0 Å². The first kappa shape index (κ1) is 17.8. The third kappa shape index (κ3) is 5.21. The molecule has 7 heteroatoms. The standard InChI is InChI=1S/C14H17F3N2O.ClH/c15-14(16,17)11-5-3-10(4-6-11)13(20)19-9-7-12-2-1-8-18-12;/h3-6,12,18H,1-2,7-9H2,(H,19,20);1H/t12-;/m1./s1. The number of rotatable bonds is 4. The Morgan fingerprint density at radius 3 is 2.48 bits per heavy atom. The molecule has 118 valence electrons. The van der Waals surface area contributed by atoms with Crippen molar-refractivity contribution in [1.29, 1.82) is 0 Å². The molecule has 0 aromatic heterocycles. The normalized spacial score (nSPS) is 18.1. The number of amides is 1. The number of carbonyl (C=O) groups is 1. The van der Waals surface area contributed by atoms with Crippen LogP contribution in [-0.2, 0) is 6.18 Å². The highest BCUT2D eigenvalue weighted by atomic mass is 35.5. The van der Waals surface area contributed by atoms with Gasteiger partial charge in [-0.05, 0) is 50.1 Å². The molecule has 1 fully saturated rings. The number of hydrogen-bond acceptors (Lipinski definition) is 2. The summed E-state index contributed by atoms with van der Waals surface area (Å²) in [6.07, 6.45) is -1.27. The second-order valence-corrected chi connectivity index (χ2v) is 4.91. The topological polar surface area (TPSA) is 41.1 Å². The van der Waals surface area contributed by atoms with Crippen LogP contribution in [0.5, 0.6) is 0 Å². The first-order valence-corrected chi connectivity index (χ1v) is 6.65. The highest BCUT2D eigenvalue weighted by Gasteiger charge is 2.30. The molecule has 0 radical (unpaired) electrons. The summed E-state index contributed by atoms with van der Waals surface area (Å²) < 4.78 is 37.2. The van der Waals surface area contributed by atoms with Crippen LogP contribution < -0.4 is 10.6 Å². The molecule has 1 aliphatic heterocycles. The molecule has 0 bridgehead atoms. The minimum atomic E-state index is -4.37. The van der Waals surface area contributed by atoms with Gasteiger partial charge >= 0.3 is 6.18 Å². The van der Waals surface area contributed by atoms with Crippen molar-refractivity contribution in [2.75, 3.05) is 13.1 Å². The number of benzene rings is 1. The zero-order chi connectivity index (χ0) is 14.6. The smallest absolute Gasteiger partial charge is 0.352 e. The van der Waals surface area contributed by atoms with Gasteiger partial charge in [-0.25, -0.2) is 0 Å². The van der Waals surface area contributed by atoms with Crippen LogP contribution >= 0.6 is 12.4 Å². The molecule has 2 rings (SSSR count). The zero-order valence-electron chi connectivity index (χ0n) is 11.4. The van der Waals surface area contributed by atoms with Gasteiger partial charge in [-0.1, -0.05) is 0 Å². The number of halogens is 4. The maximum absolute atomic E-state index is 12.4. The lowest BCUT2D eigenvalue weighted by atomic mass is 10.1. The molecule has 1 aromatic carbocycles. The Hall–Kier alpha value is -1.27. The highest BCUT2D eigenvalue weighted by Crippen LogP contribution is 2.29. The second-order valence-electron chi connectivity index (χ2n) is 4.91. The molecule has 0 aliphatic carbocycles. The number of hydrogen-bond donors (Lipinski definition) is 2. The second kappa shape index (κ2) is 7.66. The lowest BCUT2D eigenvalue weighted by Gasteiger charge is -2.11. The van der Waals surface area contributed by atoms with Gasteiger partial charge < -0.3 is 10.6 Å². The van der Waals surface area contributed by atoms with E-state index in [9.17, 15) is 18.0 Å². The van der Waals surface area contributed by atoms with Crippen molar-refractivity contribution in [3.63, 3.8) is 0 Å². The minimum absolute atomic E-state index is 0. The minimum Gasteiger partial charge on any atom is -0.352 e. The molecule has 1 heterocycles. The van der Waals surface area contributed by atoms with Crippen LogP contribution in [0.3, 0.4) is 0 Å². The van der Waals surface area contributed by atoms with E-state index in [-0.39, 0.29) is 23.9 Å². The fourth-order valence-corrected chi connectivity index (χ4v) is 2.28. The average molecular weight is 323 g/mol. The van der Waals surface area contributed by atoms with Crippen LogP contribution in [0.15, 0.2) is 24.3 Å². The van der Waals surface area contributed by atoms with E-state index in [1.165, 1.54) is 12.1 Å². The van der Waals surface area contributed by atoms with Crippen molar-refractivity contribution in [3.8, 4) is 0 Å². The van der Waals surface area contributed by atoms with Crippen LogP contribution in [0.2, 0.25) is 0 Å². The number of alkyl halides is 3. The lowest BCUT2D eigenvalue weighted by Crippen LogP contribution is -2.30. The van der Waals surface area contributed by atoms with Crippen LogP contribution in [-0.4, -0.2) is 25.0 Å². The third-order valence-corrected chi connectivity index (χ3v) is 3.42. The first-order chi connectivity index (χ1) is 9.47. The van der Waals surface area contributed by atoms with Gasteiger partial charge in [0.2, 0.25) is 0 Å². The molecule has 2 N–H and O–H groups in total. The van der Waals surface area contributed by atoms with E-state index in [4.69, 9.17) is 0 Å². The van der Waals surface area contributed by atoms with Gasteiger partial charge in [0, 0.05) is 18.2 Å². The van der Waals surface area contributed by atoms with E-state index in [0.29, 0.717) is 12.6 Å². The van der Waals surface area contributed by atoms with Crippen LogP contribution in [0, 0.1) is 0 Å². The van der Waals surface area contributed by atoms with E-state index in [1.807, 2.05) is 0 Å². The number of carbonyl (C=O) groups excluding carboxylic acids is 1. The van der Waals surface area contributed by atoms with E-state index in [0.717, 1.165) is 37.9 Å². The summed E-state index contributed by atoms with van der Waals surface area (Å²) in [6.45, 7) is 1.54. The monoisotopic (exact) mass is 322 g/mol. The molecule has 1 aliphatic rings. The number of nitrogens with one attached hydrogen (secondary N) is 2. The molecule has 1 saturated heterocycles. The van der Waals surface area contributed by atoms with Crippen molar-refractivity contribution in [1.82, 2.24) is 10.6 Å². The van der Waals surface area contributed by atoms with Crippen molar-refractivity contribution in [2.24, 2.45) is 0 Å². The van der Waals surface area contributed by atoms with Crippen LogP contribution in [0.25, 0.3) is 0 Å². The van der Waals surface area contributed by atoms with Gasteiger partial charge in [-0.2, -0.15) is 13.2 Å². The fraction of sp³-hybridized carbons (Fsp3) is 0.500. The fourth-order valence-electron chi connectivity index (χ4n) is 2.28. The summed E-state index contributed by atoms with van der Waals surface area (Å²) in [5.74, 6) is -0.336. The van der Waals surface area contributed by atoms with Crippen LogP contribution in [0.1, 0.15) is 35.2 Å². The Balaban J connectivity index is 0.00000220. The van der Waals surface area contributed by atoms with Gasteiger partial charge in [-0.3, -0.25) is 4.79 Å². The summed E-state index contributed by atoms with van der Waals surface area (Å²) in [6, 6.07) is 4.68. The largest absolute Gasteiger partial charge is 0.416 e. The van der Waals surface area contributed by atoms with E-state index in [1.54, 1.807) is 0 Å². The lowest BCUT2D eigenvalue weighted by molar-refractivity contribution is -0.137. The molecule has 21 heavy (non-hydrogen) atoms. The molecular weight excluding hydrogens is 305 g/mol. The molecular formula is C14H18ClF3N2O. The van der Waals surface area contributed by atoms with Crippen molar-refractivity contribution in [3.05, 3.63) is 35.4 Å². The first-order valence-electron chi connectivity index (χ1n) is 6.65. The molecule has 0 unspecified atom stereocenters. The SMILES string of the molecule is Cl.O=C(NCC[C@H]1CCCN1)c1ccc(C(F)(F)F)cc1. The van der Waals surface area contributed by atoms with Crippen molar-refractivity contribution in [2.45, 2.75) is 31.5 Å². The Morgan fingerprint density at radius 2 is 1.95 bits per heavy atom. The van der Waals surface area contributed by atoms with Crippen molar-refractivity contribution < 1.29 is 18.0 Å². The predicted molar refractivity (Wildman–Crippen MR) is 76.7 cm³/mol. The maximum atomic E-state index is 12.4. The summed E-state index contributed by atoms with van der Waals surface area (Å²) >= 11 is 0. The summed E-state index contributed by atoms with van der Waals surface area (Å²) in [5.41, 5.74) is -0.499. The summed E-state index contributed by atoms with van der Waals surface area (Å²) in [4.78, 5) is 11.8. The Kier molecular flexibility index (Phi) is 6.48. The van der Waals surface area contributed by atoms with Gasteiger partial charge in [0.15, 0.2) is 0 Å². The highest BCUT2D eigenvalue weighted by molar-refractivity contribution is 5.94. The van der Waals surface area contributed by atoms with Crippen molar-refractivity contribution >= 4 is 18.3 Å². The van der Waals surface area contributed by atoms with E-state index in [2.05, 4.69) is 10.6 Å². The predicted octanol–water partition coefficient (Wildman–Crippen LogP) is 3.00.